The zero-order chi connectivity index (χ0) is 10.6. The van der Waals surface area contributed by atoms with Gasteiger partial charge in [0.25, 0.3) is 0 Å². The zero-order valence-electron chi connectivity index (χ0n) is 8.92. The molecule has 1 N–H and O–H groups in total. The minimum atomic E-state index is 0.528. The van der Waals surface area contributed by atoms with E-state index in [1.807, 2.05) is 18.3 Å². The highest BCUT2D eigenvalue weighted by molar-refractivity contribution is 9.10. The van der Waals surface area contributed by atoms with E-state index in [4.69, 9.17) is 0 Å². The number of nitrogens with one attached hydrogen (secondary N) is 1. The van der Waals surface area contributed by atoms with Gasteiger partial charge in [0, 0.05) is 23.3 Å². The van der Waals surface area contributed by atoms with Gasteiger partial charge in [-0.2, -0.15) is 0 Å². The van der Waals surface area contributed by atoms with Gasteiger partial charge in [0.15, 0.2) is 0 Å². The number of halogens is 1. The Morgan fingerprint density at radius 2 is 2.07 bits per heavy atom. The van der Waals surface area contributed by atoms with Gasteiger partial charge >= 0.3 is 0 Å². The maximum Gasteiger partial charge on any atom is 0.0542 e. The largest absolute Gasteiger partial charge is 0.308 e. The minimum absolute atomic E-state index is 0.528. The van der Waals surface area contributed by atoms with E-state index in [1.165, 1.54) is 0 Å². The van der Waals surface area contributed by atoms with Crippen molar-refractivity contribution in [2.75, 3.05) is 0 Å². The lowest BCUT2D eigenvalue weighted by molar-refractivity contribution is 0.424. The van der Waals surface area contributed by atoms with Gasteiger partial charge in [0.05, 0.1) is 5.69 Å². The van der Waals surface area contributed by atoms with E-state index in [2.05, 4.69) is 47.0 Å². The number of aromatic nitrogens is 1. The van der Waals surface area contributed by atoms with Crippen molar-refractivity contribution < 1.29 is 0 Å². The highest BCUT2D eigenvalue weighted by Crippen LogP contribution is 2.08. The Hall–Kier alpha value is -0.410. The van der Waals surface area contributed by atoms with Gasteiger partial charge < -0.3 is 5.32 Å². The monoisotopic (exact) mass is 256 g/mol. The summed E-state index contributed by atoms with van der Waals surface area (Å²) in [6.07, 6.45) is 1.83. The zero-order valence-corrected chi connectivity index (χ0v) is 10.5. The number of hydrogen-bond donors (Lipinski definition) is 1. The highest BCUT2D eigenvalue weighted by Gasteiger charge is 2.05. The smallest absolute Gasteiger partial charge is 0.0542 e. The van der Waals surface area contributed by atoms with Crippen LogP contribution in [0.5, 0.6) is 0 Å². The average molecular weight is 257 g/mol. The lowest BCUT2D eigenvalue weighted by atomic mass is 10.1. The van der Waals surface area contributed by atoms with Crippen LogP contribution in [0.2, 0.25) is 0 Å². The number of nitrogens with zero attached hydrogens (tertiary/aromatic N) is 1. The van der Waals surface area contributed by atoms with E-state index >= 15 is 0 Å². The van der Waals surface area contributed by atoms with E-state index in [0.29, 0.717) is 12.0 Å². The predicted molar refractivity (Wildman–Crippen MR) is 63.1 cm³/mol. The maximum atomic E-state index is 4.30. The molecule has 0 saturated heterocycles. The van der Waals surface area contributed by atoms with Gasteiger partial charge in [-0.25, -0.2) is 0 Å². The summed E-state index contributed by atoms with van der Waals surface area (Å²) in [5.41, 5.74) is 1.08. The van der Waals surface area contributed by atoms with Crippen LogP contribution < -0.4 is 5.32 Å². The first kappa shape index (κ1) is 11.7. The van der Waals surface area contributed by atoms with Crippen LogP contribution in [0.25, 0.3) is 0 Å². The molecule has 1 aromatic heterocycles. The average Bonchev–Trinajstić information content (AvgIpc) is 2.16. The van der Waals surface area contributed by atoms with Crippen molar-refractivity contribution in [2.24, 2.45) is 5.92 Å². The normalized spacial score (nSPS) is 13.2. The van der Waals surface area contributed by atoms with Crippen LogP contribution >= 0.6 is 15.9 Å². The van der Waals surface area contributed by atoms with E-state index in [9.17, 15) is 0 Å². The third kappa shape index (κ3) is 3.76. The molecule has 0 fully saturated rings. The van der Waals surface area contributed by atoms with E-state index < -0.39 is 0 Å². The summed E-state index contributed by atoms with van der Waals surface area (Å²) in [5.74, 6) is 0.658. The van der Waals surface area contributed by atoms with Crippen LogP contribution in [-0.4, -0.2) is 11.0 Å². The molecule has 1 unspecified atom stereocenters. The molecule has 0 radical (unpaired) electrons. The molecule has 0 spiro atoms. The molecule has 1 heterocycles. The Morgan fingerprint density at radius 3 is 2.57 bits per heavy atom. The summed E-state index contributed by atoms with van der Waals surface area (Å²) in [6, 6.07) is 4.58. The Morgan fingerprint density at radius 1 is 1.36 bits per heavy atom. The summed E-state index contributed by atoms with van der Waals surface area (Å²) in [5, 5.41) is 3.44. The topological polar surface area (TPSA) is 24.9 Å². The van der Waals surface area contributed by atoms with Crippen molar-refractivity contribution in [1.29, 1.82) is 0 Å². The fourth-order valence-corrected chi connectivity index (χ4v) is 1.25. The molecule has 0 aromatic carbocycles. The van der Waals surface area contributed by atoms with Crippen molar-refractivity contribution in [3.8, 4) is 0 Å². The molecule has 1 aromatic rings. The van der Waals surface area contributed by atoms with Crippen molar-refractivity contribution in [2.45, 2.75) is 33.4 Å². The first-order valence-corrected chi connectivity index (χ1v) is 5.72. The third-order valence-electron chi connectivity index (χ3n) is 2.39. The molecule has 0 amide bonds. The van der Waals surface area contributed by atoms with E-state index in [1.54, 1.807) is 0 Å². The molecule has 2 nitrogen and oxygen atoms in total. The SMILES string of the molecule is CC(C)C(C)NCc1ccc(Br)cn1. The molecular formula is C11H17BrN2. The summed E-state index contributed by atoms with van der Waals surface area (Å²) < 4.78 is 1.03. The second kappa shape index (κ2) is 5.47. The molecule has 3 heteroatoms. The van der Waals surface area contributed by atoms with Crippen molar-refractivity contribution in [3.05, 3.63) is 28.5 Å². The minimum Gasteiger partial charge on any atom is -0.308 e. The summed E-state index contributed by atoms with van der Waals surface area (Å²) in [7, 11) is 0. The molecule has 14 heavy (non-hydrogen) atoms. The van der Waals surface area contributed by atoms with Gasteiger partial charge in [-0.1, -0.05) is 13.8 Å². The summed E-state index contributed by atoms with van der Waals surface area (Å²) in [6.45, 7) is 7.47. The first-order valence-electron chi connectivity index (χ1n) is 4.93. The molecule has 1 rings (SSSR count). The second-order valence-electron chi connectivity index (χ2n) is 3.88. The van der Waals surface area contributed by atoms with Crippen LogP contribution in [0.15, 0.2) is 22.8 Å². The summed E-state index contributed by atoms with van der Waals surface area (Å²) in [4.78, 5) is 4.30. The second-order valence-corrected chi connectivity index (χ2v) is 4.80. The number of rotatable bonds is 4. The van der Waals surface area contributed by atoms with Crippen LogP contribution in [0.3, 0.4) is 0 Å². The van der Waals surface area contributed by atoms with Crippen LogP contribution in [0, 0.1) is 5.92 Å². The van der Waals surface area contributed by atoms with Crippen LogP contribution in [0.1, 0.15) is 26.5 Å². The number of hydrogen-bond acceptors (Lipinski definition) is 2. The van der Waals surface area contributed by atoms with Crippen molar-refractivity contribution in [3.63, 3.8) is 0 Å². The molecular weight excluding hydrogens is 240 g/mol. The molecule has 0 aliphatic heterocycles. The van der Waals surface area contributed by atoms with Crippen LogP contribution in [-0.2, 0) is 6.54 Å². The van der Waals surface area contributed by atoms with Gasteiger partial charge in [0.1, 0.15) is 0 Å². The maximum absolute atomic E-state index is 4.30. The lowest BCUT2D eigenvalue weighted by Gasteiger charge is -2.16. The molecule has 0 bridgehead atoms. The molecule has 78 valence electrons. The Kier molecular flexibility index (Phi) is 4.55. The summed E-state index contributed by atoms with van der Waals surface area (Å²) >= 11 is 3.37. The van der Waals surface area contributed by atoms with Crippen molar-refractivity contribution in [1.82, 2.24) is 10.3 Å². The van der Waals surface area contributed by atoms with Gasteiger partial charge in [0.2, 0.25) is 0 Å². The van der Waals surface area contributed by atoms with E-state index in [0.717, 1.165) is 16.7 Å². The molecule has 0 saturated carbocycles. The van der Waals surface area contributed by atoms with Gasteiger partial charge in [-0.3, -0.25) is 4.98 Å². The predicted octanol–water partition coefficient (Wildman–Crippen LogP) is 2.98. The third-order valence-corrected chi connectivity index (χ3v) is 2.86. The molecule has 0 aliphatic carbocycles. The standard InChI is InChI=1S/C11H17BrN2/c1-8(2)9(3)13-7-11-5-4-10(12)6-14-11/h4-6,8-9,13H,7H2,1-3H3. The van der Waals surface area contributed by atoms with Gasteiger partial charge in [-0.15, -0.1) is 0 Å². The van der Waals surface area contributed by atoms with E-state index in [-0.39, 0.29) is 0 Å². The lowest BCUT2D eigenvalue weighted by Crippen LogP contribution is -2.30. The Labute approximate surface area is 94.3 Å². The first-order chi connectivity index (χ1) is 6.59. The van der Waals surface area contributed by atoms with Crippen molar-refractivity contribution >= 4 is 15.9 Å². The Bertz CT molecular complexity index is 269. The quantitative estimate of drug-likeness (QED) is 0.896. The number of pyridine rings is 1. The molecule has 1 atom stereocenters. The van der Waals surface area contributed by atoms with Gasteiger partial charge in [-0.05, 0) is 40.9 Å². The van der Waals surface area contributed by atoms with Crippen LogP contribution in [0.4, 0.5) is 0 Å². The fraction of sp³-hybridized carbons (Fsp3) is 0.545. The highest BCUT2D eigenvalue weighted by atomic mass is 79.9. The fourth-order valence-electron chi connectivity index (χ4n) is 1.01. The Balaban J connectivity index is 2.42. The molecule has 0 aliphatic rings.